The van der Waals surface area contributed by atoms with Crippen LogP contribution in [-0.2, 0) is 0 Å². The van der Waals surface area contributed by atoms with Crippen molar-refractivity contribution in [2.24, 2.45) is 0 Å². The minimum Gasteiger partial charge on any atom is -0.396 e. The van der Waals surface area contributed by atoms with Crippen LogP contribution in [0.25, 0.3) is 0 Å². The SMILES string of the molecule is Cc1ccc(C(O)CCN2CCCCC2CCO)cc1. The number of rotatable bonds is 6. The van der Waals surface area contributed by atoms with Crippen molar-refractivity contribution in [1.29, 1.82) is 0 Å². The van der Waals surface area contributed by atoms with Crippen molar-refractivity contribution in [2.45, 2.75) is 51.2 Å². The van der Waals surface area contributed by atoms with Crippen molar-refractivity contribution >= 4 is 0 Å². The number of aliphatic hydroxyl groups is 2. The molecule has 2 unspecified atom stereocenters. The third-order valence-electron chi connectivity index (χ3n) is 4.36. The lowest BCUT2D eigenvalue weighted by Crippen LogP contribution is -2.41. The second-order valence-corrected chi connectivity index (χ2v) is 5.91. The Bertz CT molecular complexity index is 388. The van der Waals surface area contributed by atoms with E-state index in [4.69, 9.17) is 5.11 Å². The van der Waals surface area contributed by atoms with Gasteiger partial charge in [-0.25, -0.2) is 0 Å². The average Bonchev–Trinajstić information content (AvgIpc) is 2.47. The molecule has 1 aromatic carbocycles. The minimum absolute atomic E-state index is 0.266. The van der Waals surface area contributed by atoms with E-state index >= 15 is 0 Å². The molecule has 1 aliphatic rings. The molecule has 0 spiro atoms. The smallest absolute Gasteiger partial charge is 0.0802 e. The van der Waals surface area contributed by atoms with E-state index in [0.717, 1.165) is 31.5 Å². The first-order valence-corrected chi connectivity index (χ1v) is 7.80. The van der Waals surface area contributed by atoms with Gasteiger partial charge in [0.1, 0.15) is 0 Å². The Kier molecular flexibility index (Phi) is 6.02. The van der Waals surface area contributed by atoms with E-state index in [-0.39, 0.29) is 12.7 Å². The molecule has 112 valence electrons. The van der Waals surface area contributed by atoms with Gasteiger partial charge in [-0.1, -0.05) is 36.2 Å². The van der Waals surface area contributed by atoms with Gasteiger partial charge in [-0.15, -0.1) is 0 Å². The molecule has 0 aromatic heterocycles. The van der Waals surface area contributed by atoms with Crippen LogP contribution < -0.4 is 0 Å². The molecule has 0 amide bonds. The van der Waals surface area contributed by atoms with Crippen LogP contribution in [0, 0.1) is 6.92 Å². The third kappa shape index (κ3) is 4.30. The molecule has 0 radical (unpaired) electrons. The van der Waals surface area contributed by atoms with Gasteiger partial charge in [-0.2, -0.15) is 0 Å². The molecular formula is C17H27NO2. The Hall–Kier alpha value is -0.900. The normalized spacial score (nSPS) is 21.9. The first-order valence-electron chi connectivity index (χ1n) is 7.80. The Balaban J connectivity index is 1.85. The fourth-order valence-corrected chi connectivity index (χ4v) is 3.07. The van der Waals surface area contributed by atoms with Crippen LogP contribution in [-0.4, -0.2) is 40.9 Å². The van der Waals surface area contributed by atoms with Crippen LogP contribution in [0.2, 0.25) is 0 Å². The van der Waals surface area contributed by atoms with Crippen molar-refractivity contribution < 1.29 is 10.2 Å². The zero-order valence-corrected chi connectivity index (χ0v) is 12.5. The summed E-state index contributed by atoms with van der Waals surface area (Å²) in [5.74, 6) is 0. The highest BCUT2D eigenvalue weighted by molar-refractivity contribution is 5.23. The highest BCUT2D eigenvalue weighted by atomic mass is 16.3. The zero-order chi connectivity index (χ0) is 14.4. The van der Waals surface area contributed by atoms with Crippen LogP contribution in [0.5, 0.6) is 0 Å². The Morgan fingerprint density at radius 1 is 1.25 bits per heavy atom. The number of aliphatic hydroxyl groups excluding tert-OH is 2. The fourth-order valence-electron chi connectivity index (χ4n) is 3.07. The van der Waals surface area contributed by atoms with E-state index in [2.05, 4.69) is 11.8 Å². The molecular weight excluding hydrogens is 250 g/mol. The summed E-state index contributed by atoms with van der Waals surface area (Å²) in [5.41, 5.74) is 2.23. The molecule has 2 atom stereocenters. The van der Waals surface area contributed by atoms with Crippen molar-refractivity contribution in [3.8, 4) is 0 Å². The lowest BCUT2D eigenvalue weighted by atomic mass is 9.98. The van der Waals surface area contributed by atoms with Gasteiger partial charge in [-0.05, 0) is 44.7 Å². The Morgan fingerprint density at radius 3 is 2.70 bits per heavy atom. The predicted octanol–water partition coefficient (Wildman–Crippen LogP) is 2.66. The van der Waals surface area contributed by atoms with Gasteiger partial charge in [0.15, 0.2) is 0 Å². The monoisotopic (exact) mass is 277 g/mol. The topological polar surface area (TPSA) is 43.7 Å². The lowest BCUT2D eigenvalue weighted by Gasteiger charge is -2.36. The van der Waals surface area contributed by atoms with Crippen LogP contribution in [0.1, 0.15) is 49.3 Å². The number of piperidine rings is 1. The largest absolute Gasteiger partial charge is 0.396 e. The first-order chi connectivity index (χ1) is 9.70. The third-order valence-corrected chi connectivity index (χ3v) is 4.36. The van der Waals surface area contributed by atoms with E-state index in [9.17, 15) is 5.11 Å². The van der Waals surface area contributed by atoms with Crippen LogP contribution >= 0.6 is 0 Å². The van der Waals surface area contributed by atoms with Gasteiger partial charge in [0.2, 0.25) is 0 Å². The van der Waals surface area contributed by atoms with Crippen molar-refractivity contribution in [2.75, 3.05) is 19.7 Å². The summed E-state index contributed by atoms with van der Waals surface area (Å²) < 4.78 is 0. The van der Waals surface area contributed by atoms with Gasteiger partial charge in [0.25, 0.3) is 0 Å². The molecule has 1 aromatic rings. The summed E-state index contributed by atoms with van der Waals surface area (Å²) in [5, 5.41) is 19.4. The van der Waals surface area contributed by atoms with Gasteiger partial charge < -0.3 is 15.1 Å². The molecule has 0 bridgehead atoms. The lowest BCUT2D eigenvalue weighted by molar-refractivity contribution is 0.0891. The number of aryl methyl sites for hydroxylation is 1. The molecule has 20 heavy (non-hydrogen) atoms. The van der Waals surface area contributed by atoms with Crippen molar-refractivity contribution in [1.82, 2.24) is 4.90 Å². The molecule has 2 N–H and O–H groups in total. The van der Waals surface area contributed by atoms with Crippen molar-refractivity contribution in [3.63, 3.8) is 0 Å². The summed E-state index contributed by atoms with van der Waals surface area (Å²) in [6.45, 7) is 4.34. The van der Waals surface area contributed by atoms with Gasteiger partial charge in [-0.3, -0.25) is 0 Å². The average molecular weight is 277 g/mol. The van der Waals surface area contributed by atoms with Crippen LogP contribution in [0.15, 0.2) is 24.3 Å². The van der Waals surface area contributed by atoms with E-state index in [1.807, 2.05) is 24.3 Å². The summed E-state index contributed by atoms with van der Waals surface area (Å²) >= 11 is 0. The molecule has 0 saturated carbocycles. The maximum Gasteiger partial charge on any atom is 0.0802 e. The molecule has 1 fully saturated rings. The molecule has 1 heterocycles. The van der Waals surface area contributed by atoms with E-state index < -0.39 is 0 Å². The minimum atomic E-state index is -0.382. The van der Waals surface area contributed by atoms with Crippen LogP contribution in [0.4, 0.5) is 0 Å². The quantitative estimate of drug-likeness (QED) is 0.840. The molecule has 3 nitrogen and oxygen atoms in total. The number of likely N-dealkylation sites (tertiary alicyclic amines) is 1. The predicted molar refractivity (Wildman–Crippen MR) is 81.7 cm³/mol. The standard InChI is InChI=1S/C17H27NO2/c1-14-5-7-15(8-6-14)17(20)9-12-18-11-3-2-4-16(18)10-13-19/h5-8,16-17,19-20H,2-4,9-13H2,1H3. The fraction of sp³-hybridized carbons (Fsp3) is 0.647. The zero-order valence-electron chi connectivity index (χ0n) is 12.5. The molecule has 1 aliphatic heterocycles. The maximum atomic E-state index is 10.3. The summed E-state index contributed by atoms with van der Waals surface area (Å²) in [7, 11) is 0. The van der Waals surface area contributed by atoms with E-state index in [0.29, 0.717) is 6.04 Å². The second kappa shape index (κ2) is 7.77. The summed E-state index contributed by atoms with van der Waals surface area (Å²) in [6, 6.07) is 8.63. The Morgan fingerprint density at radius 2 is 2.00 bits per heavy atom. The highest BCUT2D eigenvalue weighted by Gasteiger charge is 2.22. The number of nitrogens with zero attached hydrogens (tertiary/aromatic N) is 1. The van der Waals surface area contributed by atoms with E-state index in [1.54, 1.807) is 0 Å². The number of hydrogen-bond acceptors (Lipinski definition) is 3. The molecule has 3 heteroatoms. The Labute approximate surface area is 122 Å². The van der Waals surface area contributed by atoms with Gasteiger partial charge >= 0.3 is 0 Å². The number of benzene rings is 1. The van der Waals surface area contributed by atoms with Gasteiger partial charge in [0.05, 0.1) is 6.10 Å². The second-order valence-electron chi connectivity index (χ2n) is 5.91. The first kappa shape index (κ1) is 15.5. The summed E-state index contributed by atoms with van der Waals surface area (Å²) in [4.78, 5) is 2.44. The molecule has 2 rings (SSSR count). The van der Waals surface area contributed by atoms with E-state index in [1.165, 1.54) is 24.8 Å². The van der Waals surface area contributed by atoms with Gasteiger partial charge in [0, 0.05) is 19.2 Å². The highest BCUT2D eigenvalue weighted by Crippen LogP contribution is 2.23. The number of hydrogen-bond donors (Lipinski definition) is 2. The maximum absolute atomic E-state index is 10.3. The van der Waals surface area contributed by atoms with Crippen molar-refractivity contribution in [3.05, 3.63) is 35.4 Å². The molecule has 1 saturated heterocycles. The summed E-state index contributed by atoms with van der Waals surface area (Å²) in [6.07, 6.45) is 4.93. The van der Waals surface area contributed by atoms with Crippen LogP contribution in [0.3, 0.4) is 0 Å². The molecule has 0 aliphatic carbocycles.